The van der Waals surface area contributed by atoms with Crippen molar-refractivity contribution in [2.24, 2.45) is 0 Å². The highest BCUT2D eigenvalue weighted by molar-refractivity contribution is 9.10. The number of urea groups is 1. The van der Waals surface area contributed by atoms with Crippen LogP contribution in [0.3, 0.4) is 0 Å². The van der Waals surface area contributed by atoms with Crippen LogP contribution in [0.2, 0.25) is 0 Å². The summed E-state index contributed by atoms with van der Waals surface area (Å²) in [4.78, 5) is 23.1. The number of carboxylic acids is 1. The number of nitrogens with one attached hydrogen (secondary N) is 2. The maximum absolute atomic E-state index is 12.0. The summed E-state index contributed by atoms with van der Waals surface area (Å²) in [5.41, 5.74) is 0.0106. The van der Waals surface area contributed by atoms with Crippen molar-refractivity contribution < 1.29 is 14.7 Å². The molecule has 0 atom stereocenters. The monoisotopic (exact) mass is 342 g/mol. The van der Waals surface area contributed by atoms with E-state index >= 15 is 0 Å². The molecule has 6 heteroatoms. The third kappa shape index (κ3) is 4.23. The molecule has 0 fully saturated rings. The molecule has 1 aromatic carbocycles. The van der Waals surface area contributed by atoms with E-state index in [-0.39, 0.29) is 16.8 Å². The van der Waals surface area contributed by atoms with Gasteiger partial charge in [0.1, 0.15) is 0 Å². The molecule has 0 spiro atoms. The number of carboxylic acid groups (broad SMARTS) is 1. The normalized spacial score (nSPS) is 11.0. The van der Waals surface area contributed by atoms with Crippen molar-refractivity contribution in [2.45, 2.75) is 39.2 Å². The summed E-state index contributed by atoms with van der Waals surface area (Å²) in [7, 11) is 0. The van der Waals surface area contributed by atoms with E-state index in [0.717, 1.165) is 12.8 Å². The number of rotatable bonds is 5. The molecular formula is C14H19BrN2O3. The molecular weight excluding hydrogens is 324 g/mol. The molecule has 0 aliphatic heterocycles. The number of hydrogen-bond acceptors (Lipinski definition) is 2. The van der Waals surface area contributed by atoms with Gasteiger partial charge in [0, 0.05) is 10.0 Å². The second-order valence-corrected chi connectivity index (χ2v) is 5.76. The molecule has 0 bridgehead atoms. The molecule has 3 N–H and O–H groups in total. The lowest BCUT2D eigenvalue weighted by molar-refractivity contribution is 0.0698. The molecule has 0 aliphatic rings. The van der Waals surface area contributed by atoms with Gasteiger partial charge < -0.3 is 15.7 Å². The van der Waals surface area contributed by atoms with Gasteiger partial charge in [0.05, 0.1) is 11.3 Å². The van der Waals surface area contributed by atoms with Gasteiger partial charge in [0.15, 0.2) is 0 Å². The van der Waals surface area contributed by atoms with Crippen LogP contribution in [-0.2, 0) is 0 Å². The lowest BCUT2D eigenvalue weighted by atomic mass is 9.96. The average molecular weight is 343 g/mol. The molecule has 20 heavy (non-hydrogen) atoms. The van der Waals surface area contributed by atoms with Crippen LogP contribution < -0.4 is 10.6 Å². The van der Waals surface area contributed by atoms with Crippen LogP contribution in [-0.4, -0.2) is 22.6 Å². The molecule has 0 aliphatic carbocycles. The first-order valence-corrected chi connectivity index (χ1v) is 7.22. The van der Waals surface area contributed by atoms with Crippen LogP contribution >= 0.6 is 15.9 Å². The maximum Gasteiger partial charge on any atom is 0.337 e. The van der Waals surface area contributed by atoms with Gasteiger partial charge in [-0.05, 0) is 38.0 Å². The first-order valence-electron chi connectivity index (χ1n) is 6.43. The lowest BCUT2D eigenvalue weighted by Gasteiger charge is -2.28. The maximum atomic E-state index is 12.0. The topological polar surface area (TPSA) is 78.4 Å². The number of hydrogen-bond donors (Lipinski definition) is 3. The van der Waals surface area contributed by atoms with E-state index in [1.54, 1.807) is 12.1 Å². The minimum atomic E-state index is -1.08. The summed E-state index contributed by atoms with van der Waals surface area (Å²) in [6, 6.07) is 4.23. The van der Waals surface area contributed by atoms with Crippen LogP contribution in [0.5, 0.6) is 0 Å². The van der Waals surface area contributed by atoms with Crippen LogP contribution in [0.25, 0.3) is 0 Å². The Morgan fingerprint density at radius 1 is 1.30 bits per heavy atom. The van der Waals surface area contributed by atoms with Gasteiger partial charge in [-0.15, -0.1) is 0 Å². The number of anilines is 1. The second-order valence-electron chi connectivity index (χ2n) is 4.84. The van der Waals surface area contributed by atoms with Crippen molar-refractivity contribution in [1.82, 2.24) is 5.32 Å². The fraction of sp³-hybridized carbons (Fsp3) is 0.429. The number of aromatic carboxylic acids is 1. The summed E-state index contributed by atoms with van der Waals surface area (Å²) >= 11 is 3.26. The molecule has 0 unspecified atom stereocenters. The second kappa shape index (κ2) is 6.74. The zero-order chi connectivity index (χ0) is 15.3. The number of halogens is 1. The summed E-state index contributed by atoms with van der Waals surface area (Å²) in [5, 5.41) is 14.6. The molecule has 5 nitrogen and oxygen atoms in total. The molecule has 0 radical (unpaired) electrons. The van der Waals surface area contributed by atoms with E-state index in [0.29, 0.717) is 4.47 Å². The number of carbonyl (C=O) groups excluding carboxylic acids is 1. The van der Waals surface area contributed by atoms with E-state index in [4.69, 9.17) is 5.11 Å². The van der Waals surface area contributed by atoms with Crippen LogP contribution in [0.15, 0.2) is 22.7 Å². The van der Waals surface area contributed by atoms with Crippen molar-refractivity contribution >= 4 is 33.6 Å². The predicted molar refractivity (Wildman–Crippen MR) is 82.2 cm³/mol. The predicted octanol–water partition coefficient (Wildman–Crippen LogP) is 3.85. The molecule has 0 aromatic heterocycles. The van der Waals surface area contributed by atoms with Gasteiger partial charge in [0.2, 0.25) is 0 Å². The average Bonchev–Trinajstić information content (AvgIpc) is 2.38. The highest BCUT2D eigenvalue weighted by Gasteiger charge is 2.22. The third-order valence-corrected chi connectivity index (χ3v) is 3.93. The van der Waals surface area contributed by atoms with Gasteiger partial charge >= 0.3 is 12.0 Å². The molecule has 0 saturated carbocycles. The van der Waals surface area contributed by atoms with Gasteiger partial charge in [-0.3, -0.25) is 0 Å². The molecule has 0 heterocycles. The Morgan fingerprint density at radius 2 is 1.90 bits per heavy atom. The van der Waals surface area contributed by atoms with E-state index in [9.17, 15) is 9.59 Å². The third-order valence-electron chi connectivity index (χ3n) is 3.44. The van der Waals surface area contributed by atoms with E-state index in [2.05, 4.69) is 26.6 Å². The van der Waals surface area contributed by atoms with Crippen molar-refractivity contribution in [2.75, 3.05) is 5.32 Å². The summed E-state index contributed by atoms with van der Waals surface area (Å²) in [6.07, 6.45) is 1.59. The van der Waals surface area contributed by atoms with Crippen molar-refractivity contribution in [3.63, 3.8) is 0 Å². The van der Waals surface area contributed by atoms with Crippen LogP contribution in [0, 0.1) is 0 Å². The Morgan fingerprint density at radius 3 is 2.40 bits per heavy atom. The molecule has 0 saturated heterocycles. The number of carbonyl (C=O) groups is 2. The molecule has 110 valence electrons. The standard InChI is InChI=1S/C14H19BrN2O3/c1-4-14(3,5-2)17-13(20)16-11-8-9(15)6-7-10(11)12(18)19/h6-8H,4-5H2,1-3H3,(H,18,19)(H2,16,17,20). The first kappa shape index (κ1) is 16.5. The first-order chi connectivity index (χ1) is 9.31. The zero-order valence-corrected chi connectivity index (χ0v) is 13.4. The Kier molecular flexibility index (Phi) is 5.56. The van der Waals surface area contributed by atoms with Gasteiger partial charge in [0.25, 0.3) is 0 Å². The summed E-state index contributed by atoms with van der Waals surface area (Å²) < 4.78 is 0.701. The van der Waals surface area contributed by atoms with Crippen LogP contribution in [0.1, 0.15) is 44.0 Å². The minimum absolute atomic E-state index is 0.0538. The fourth-order valence-corrected chi connectivity index (χ4v) is 2.02. The van der Waals surface area contributed by atoms with Crippen molar-refractivity contribution in [3.8, 4) is 0 Å². The molecule has 1 rings (SSSR count). The SMILES string of the molecule is CCC(C)(CC)NC(=O)Nc1cc(Br)ccc1C(=O)O. The van der Waals surface area contributed by atoms with E-state index < -0.39 is 12.0 Å². The van der Waals surface area contributed by atoms with Gasteiger partial charge in [-0.2, -0.15) is 0 Å². The number of amides is 2. The highest BCUT2D eigenvalue weighted by atomic mass is 79.9. The van der Waals surface area contributed by atoms with Gasteiger partial charge in [-0.1, -0.05) is 29.8 Å². The Hall–Kier alpha value is -1.56. The largest absolute Gasteiger partial charge is 0.478 e. The van der Waals surface area contributed by atoms with Gasteiger partial charge in [-0.25, -0.2) is 9.59 Å². The number of benzene rings is 1. The summed E-state index contributed by atoms with van der Waals surface area (Å²) in [6.45, 7) is 5.93. The Bertz CT molecular complexity index is 513. The van der Waals surface area contributed by atoms with E-state index in [1.165, 1.54) is 6.07 Å². The molecule has 2 amide bonds. The summed E-state index contributed by atoms with van der Waals surface area (Å²) in [5.74, 6) is -1.08. The Labute approximate surface area is 126 Å². The minimum Gasteiger partial charge on any atom is -0.478 e. The lowest BCUT2D eigenvalue weighted by Crippen LogP contribution is -2.47. The quantitative estimate of drug-likeness (QED) is 0.760. The zero-order valence-electron chi connectivity index (χ0n) is 11.8. The van der Waals surface area contributed by atoms with Crippen LogP contribution in [0.4, 0.5) is 10.5 Å². The van der Waals surface area contributed by atoms with E-state index in [1.807, 2.05) is 20.8 Å². The highest BCUT2D eigenvalue weighted by Crippen LogP contribution is 2.22. The smallest absolute Gasteiger partial charge is 0.337 e. The van der Waals surface area contributed by atoms with Crippen molar-refractivity contribution in [1.29, 1.82) is 0 Å². The Balaban J connectivity index is 2.90. The van der Waals surface area contributed by atoms with Crippen molar-refractivity contribution in [3.05, 3.63) is 28.2 Å². The molecule has 1 aromatic rings. The fourth-order valence-electron chi connectivity index (χ4n) is 1.66.